The lowest BCUT2D eigenvalue weighted by Gasteiger charge is -2.12. The molecule has 0 radical (unpaired) electrons. The van der Waals surface area contributed by atoms with E-state index in [4.69, 9.17) is 27.9 Å². The van der Waals surface area contributed by atoms with Gasteiger partial charge < -0.3 is 4.74 Å². The molecule has 0 aromatic heterocycles. The number of allylic oxidation sites excluding steroid dienone is 1. The molecule has 2 atom stereocenters. The molecule has 2 rings (SSSR count). The Hall–Kier alpha value is -1.27. The molecule has 8 heteroatoms. The minimum Gasteiger partial charge on any atom is -0.460 e. The van der Waals surface area contributed by atoms with E-state index in [0.717, 1.165) is 0 Å². The first-order chi connectivity index (χ1) is 11.0. The number of rotatable bonds is 4. The van der Waals surface area contributed by atoms with Gasteiger partial charge in [-0.15, -0.1) is 0 Å². The summed E-state index contributed by atoms with van der Waals surface area (Å²) in [6, 6.07) is 0. The third-order valence-electron chi connectivity index (χ3n) is 4.40. The van der Waals surface area contributed by atoms with Gasteiger partial charge in [-0.2, -0.15) is 8.78 Å². The van der Waals surface area contributed by atoms with Crippen LogP contribution in [-0.2, 0) is 16.1 Å². The van der Waals surface area contributed by atoms with Crippen LogP contribution in [0.4, 0.5) is 17.6 Å². The molecule has 1 aliphatic rings. The molecule has 0 N–H and O–H groups in total. The van der Waals surface area contributed by atoms with Gasteiger partial charge in [0.25, 0.3) is 6.08 Å². The highest BCUT2D eigenvalue weighted by molar-refractivity contribution is 6.36. The Bertz CT molecular complexity index is 698. The third-order valence-corrected chi connectivity index (χ3v) is 5.19. The Morgan fingerprint density at radius 1 is 1.21 bits per heavy atom. The largest absolute Gasteiger partial charge is 0.460 e. The molecule has 0 amide bonds. The minimum absolute atomic E-state index is 0.200. The van der Waals surface area contributed by atoms with Crippen LogP contribution < -0.4 is 0 Å². The van der Waals surface area contributed by atoms with E-state index in [2.05, 4.69) is 0 Å². The quantitative estimate of drug-likeness (QED) is 0.379. The topological polar surface area (TPSA) is 26.3 Å². The number of hydrogen-bond acceptors (Lipinski definition) is 2. The Morgan fingerprint density at radius 3 is 2.17 bits per heavy atom. The molecule has 1 aromatic rings. The molecule has 1 fully saturated rings. The number of carbonyl (C=O) groups excluding carboxylic acids is 1. The third kappa shape index (κ3) is 3.26. The van der Waals surface area contributed by atoms with Gasteiger partial charge >= 0.3 is 5.97 Å². The number of benzene rings is 1. The average Bonchev–Trinajstić information content (AvgIpc) is 3.02. The van der Waals surface area contributed by atoms with E-state index in [1.165, 1.54) is 6.92 Å². The number of hydrogen-bond donors (Lipinski definition) is 0. The van der Waals surface area contributed by atoms with Gasteiger partial charge in [-0.05, 0) is 18.4 Å². The molecule has 1 aromatic carbocycles. The summed E-state index contributed by atoms with van der Waals surface area (Å²) in [4.78, 5) is 12.1. The lowest BCUT2D eigenvalue weighted by Crippen LogP contribution is -2.12. The van der Waals surface area contributed by atoms with Crippen LogP contribution in [0.3, 0.4) is 0 Å². The maximum absolute atomic E-state index is 13.8. The zero-order chi connectivity index (χ0) is 18.4. The molecular weight excluding hydrogens is 371 g/mol. The van der Waals surface area contributed by atoms with Gasteiger partial charge in [-0.3, -0.25) is 4.79 Å². The van der Waals surface area contributed by atoms with Gasteiger partial charge in [-0.25, -0.2) is 8.78 Å². The van der Waals surface area contributed by atoms with E-state index in [0.29, 0.717) is 6.08 Å². The lowest BCUT2D eigenvalue weighted by atomic mass is 10.1. The van der Waals surface area contributed by atoms with E-state index in [9.17, 15) is 22.4 Å². The van der Waals surface area contributed by atoms with Crippen LogP contribution in [0.5, 0.6) is 0 Å². The Labute approximate surface area is 146 Å². The van der Waals surface area contributed by atoms with Crippen LogP contribution in [-0.4, -0.2) is 5.97 Å². The van der Waals surface area contributed by atoms with E-state index >= 15 is 0 Å². The molecule has 1 aliphatic carbocycles. The molecule has 0 aliphatic heterocycles. The monoisotopic (exact) mass is 384 g/mol. The summed E-state index contributed by atoms with van der Waals surface area (Å²) in [6.07, 6.45) is -1.17. The SMILES string of the molecule is Cc1c(F)c(Cl)c(COC(=O)[C@@H]2[C@@H](C=C(F)F)C2(C)C)c(Cl)c1F. The molecule has 132 valence electrons. The zero-order valence-corrected chi connectivity index (χ0v) is 14.5. The maximum Gasteiger partial charge on any atom is 0.310 e. The van der Waals surface area contributed by atoms with Gasteiger partial charge in [0.1, 0.15) is 18.2 Å². The minimum atomic E-state index is -1.88. The van der Waals surface area contributed by atoms with Gasteiger partial charge in [-0.1, -0.05) is 37.0 Å². The molecule has 2 nitrogen and oxygen atoms in total. The normalized spacial score (nSPS) is 21.4. The Morgan fingerprint density at radius 2 is 1.71 bits per heavy atom. The van der Waals surface area contributed by atoms with E-state index in [1.807, 2.05) is 0 Å². The van der Waals surface area contributed by atoms with Crippen molar-refractivity contribution in [3.8, 4) is 0 Å². The predicted molar refractivity (Wildman–Crippen MR) is 82.0 cm³/mol. The van der Waals surface area contributed by atoms with Crippen LogP contribution in [0, 0.1) is 35.8 Å². The first-order valence-electron chi connectivity index (χ1n) is 7.01. The summed E-state index contributed by atoms with van der Waals surface area (Å²) in [5, 5.41) is -0.874. The van der Waals surface area contributed by atoms with Crippen LogP contribution in [0.2, 0.25) is 10.0 Å². The first kappa shape index (κ1) is 19.1. The summed E-state index contributed by atoms with van der Waals surface area (Å²) in [6.45, 7) is 3.92. The summed E-state index contributed by atoms with van der Waals surface area (Å²) < 4.78 is 57.3. The number of ether oxygens (including phenoxy) is 1. The first-order valence-corrected chi connectivity index (χ1v) is 7.76. The van der Waals surface area contributed by atoms with Gasteiger partial charge in [0.15, 0.2) is 0 Å². The summed E-state index contributed by atoms with van der Waals surface area (Å²) in [5.74, 6) is -4.16. The fourth-order valence-corrected chi connectivity index (χ4v) is 3.35. The van der Waals surface area contributed by atoms with Crippen LogP contribution in [0.25, 0.3) is 0 Å². The van der Waals surface area contributed by atoms with Crippen molar-refractivity contribution in [2.45, 2.75) is 27.4 Å². The Balaban J connectivity index is 2.16. The fourth-order valence-electron chi connectivity index (χ4n) is 2.72. The smallest absolute Gasteiger partial charge is 0.310 e. The van der Waals surface area contributed by atoms with E-state index < -0.39 is 57.6 Å². The highest BCUT2D eigenvalue weighted by Gasteiger charge is 2.62. The Kier molecular flexibility index (Phi) is 5.21. The average molecular weight is 385 g/mol. The highest BCUT2D eigenvalue weighted by Crippen LogP contribution is 2.60. The second kappa shape index (κ2) is 6.56. The highest BCUT2D eigenvalue weighted by atomic mass is 35.5. The second-order valence-corrected chi connectivity index (χ2v) is 7.00. The van der Waals surface area contributed by atoms with Crippen molar-refractivity contribution >= 4 is 29.2 Å². The molecular formula is C16H14Cl2F4O2. The summed E-state index contributed by atoms with van der Waals surface area (Å²) in [5.41, 5.74) is -1.22. The predicted octanol–water partition coefficient (Wildman–Crippen LogP) is 5.68. The van der Waals surface area contributed by atoms with Crippen molar-refractivity contribution < 1.29 is 27.1 Å². The molecule has 1 saturated carbocycles. The van der Waals surface area contributed by atoms with E-state index in [1.54, 1.807) is 13.8 Å². The molecule has 0 spiro atoms. The number of halogens is 6. The summed E-state index contributed by atoms with van der Waals surface area (Å²) in [7, 11) is 0. The number of esters is 1. The van der Waals surface area contributed by atoms with E-state index in [-0.39, 0.29) is 11.1 Å². The van der Waals surface area contributed by atoms with Crippen molar-refractivity contribution in [1.82, 2.24) is 0 Å². The van der Waals surface area contributed by atoms with Crippen LogP contribution in [0.15, 0.2) is 12.2 Å². The lowest BCUT2D eigenvalue weighted by molar-refractivity contribution is -0.147. The molecule has 0 heterocycles. The van der Waals surface area contributed by atoms with Crippen molar-refractivity contribution in [1.29, 1.82) is 0 Å². The maximum atomic E-state index is 13.8. The van der Waals surface area contributed by atoms with Crippen molar-refractivity contribution in [3.05, 3.63) is 45.0 Å². The second-order valence-electron chi connectivity index (χ2n) is 6.25. The van der Waals surface area contributed by atoms with Crippen molar-refractivity contribution in [3.63, 3.8) is 0 Å². The molecule has 24 heavy (non-hydrogen) atoms. The molecule has 0 unspecified atom stereocenters. The standard InChI is InChI=1S/C16H14Cl2F4O2/c1-6-13(21)11(17)7(12(18)14(6)22)5-24-15(23)10-8(4-9(19)20)16(10,2)3/h4,8,10H,5H2,1-3H3/t8-,10+/m1/s1. The summed E-state index contributed by atoms with van der Waals surface area (Å²) >= 11 is 11.6. The van der Waals surface area contributed by atoms with Gasteiger partial charge in [0, 0.05) is 17.0 Å². The van der Waals surface area contributed by atoms with Gasteiger partial charge in [0.2, 0.25) is 0 Å². The number of carbonyl (C=O) groups is 1. The zero-order valence-electron chi connectivity index (χ0n) is 13.0. The van der Waals surface area contributed by atoms with Crippen molar-refractivity contribution in [2.75, 3.05) is 0 Å². The van der Waals surface area contributed by atoms with Crippen molar-refractivity contribution in [2.24, 2.45) is 17.3 Å². The molecule has 0 bridgehead atoms. The van der Waals surface area contributed by atoms with Gasteiger partial charge in [0.05, 0.1) is 16.0 Å². The molecule has 0 saturated heterocycles. The van der Waals surface area contributed by atoms with Crippen LogP contribution in [0.1, 0.15) is 25.0 Å². The fraction of sp³-hybridized carbons (Fsp3) is 0.438. The van der Waals surface area contributed by atoms with Crippen LogP contribution >= 0.6 is 23.2 Å².